The Kier molecular flexibility index (Phi) is 6.26. The van der Waals surface area contributed by atoms with Crippen molar-refractivity contribution in [2.75, 3.05) is 37.7 Å². The van der Waals surface area contributed by atoms with Gasteiger partial charge in [-0.15, -0.1) is 0 Å². The summed E-state index contributed by atoms with van der Waals surface area (Å²) in [6, 6.07) is -0.0723. The predicted octanol–water partition coefficient (Wildman–Crippen LogP) is 1.83. The van der Waals surface area contributed by atoms with E-state index in [2.05, 4.69) is 9.97 Å². The monoisotopic (exact) mass is 382 g/mol. The number of hydrogen-bond acceptors (Lipinski definition) is 6. The Labute approximate surface area is 157 Å². The number of aromatic nitrogens is 2. The zero-order valence-corrected chi connectivity index (χ0v) is 15.3. The molecule has 0 atom stereocenters. The molecule has 0 bridgehead atoms. The molecule has 0 saturated carbocycles. The highest BCUT2D eigenvalue weighted by Crippen LogP contribution is 2.24. The summed E-state index contributed by atoms with van der Waals surface area (Å²) in [7, 11) is 0. The second kappa shape index (κ2) is 8.64. The molecule has 2 aliphatic rings. The summed E-state index contributed by atoms with van der Waals surface area (Å²) in [5.74, 6) is -0.784. The van der Waals surface area contributed by atoms with Crippen LogP contribution in [0.15, 0.2) is 6.20 Å². The van der Waals surface area contributed by atoms with E-state index in [1.54, 1.807) is 4.90 Å². The van der Waals surface area contributed by atoms with Crippen molar-refractivity contribution >= 4 is 29.4 Å². The maximum Gasteiger partial charge on any atom is 0.305 e. The van der Waals surface area contributed by atoms with E-state index in [-0.39, 0.29) is 35.6 Å². The second-order valence-electron chi connectivity index (χ2n) is 6.55. The van der Waals surface area contributed by atoms with Crippen LogP contribution in [0.2, 0.25) is 5.02 Å². The van der Waals surface area contributed by atoms with Gasteiger partial charge in [-0.2, -0.15) is 0 Å². The van der Waals surface area contributed by atoms with E-state index in [4.69, 9.17) is 21.4 Å². The van der Waals surface area contributed by atoms with Crippen molar-refractivity contribution in [3.63, 3.8) is 0 Å². The van der Waals surface area contributed by atoms with Gasteiger partial charge >= 0.3 is 5.97 Å². The molecule has 0 unspecified atom stereocenters. The van der Waals surface area contributed by atoms with Crippen LogP contribution in [0.4, 0.5) is 5.95 Å². The van der Waals surface area contributed by atoms with E-state index >= 15 is 0 Å². The second-order valence-corrected chi connectivity index (χ2v) is 6.95. The van der Waals surface area contributed by atoms with Gasteiger partial charge in [0.15, 0.2) is 5.69 Å². The van der Waals surface area contributed by atoms with Gasteiger partial charge in [-0.3, -0.25) is 9.59 Å². The molecular formula is C17H23ClN4O4. The van der Waals surface area contributed by atoms with Crippen molar-refractivity contribution in [1.29, 1.82) is 0 Å². The minimum atomic E-state index is -0.943. The average Bonchev–Trinajstić information content (AvgIpc) is 3.17. The number of aliphatic carboxylic acids is 1. The number of ether oxygens (including phenoxy) is 1. The largest absolute Gasteiger partial charge is 0.481 e. The summed E-state index contributed by atoms with van der Waals surface area (Å²) in [4.78, 5) is 36.4. The zero-order valence-electron chi connectivity index (χ0n) is 14.6. The van der Waals surface area contributed by atoms with Crippen LogP contribution >= 0.6 is 11.6 Å². The third-order valence-electron chi connectivity index (χ3n) is 4.78. The van der Waals surface area contributed by atoms with E-state index < -0.39 is 5.97 Å². The van der Waals surface area contributed by atoms with Crippen LogP contribution < -0.4 is 4.90 Å². The van der Waals surface area contributed by atoms with Gasteiger partial charge in [0.1, 0.15) is 0 Å². The lowest BCUT2D eigenvalue weighted by Gasteiger charge is -2.34. The minimum Gasteiger partial charge on any atom is -0.481 e. The van der Waals surface area contributed by atoms with Gasteiger partial charge in [0.25, 0.3) is 5.91 Å². The predicted molar refractivity (Wildman–Crippen MR) is 95.6 cm³/mol. The first-order chi connectivity index (χ1) is 12.6. The van der Waals surface area contributed by atoms with E-state index in [0.29, 0.717) is 32.0 Å². The maximum absolute atomic E-state index is 13.1. The molecule has 2 aliphatic heterocycles. The lowest BCUT2D eigenvalue weighted by Crippen LogP contribution is -2.45. The third kappa shape index (κ3) is 4.42. The molecule has 0 radical (unpaired) electrons. The molecule has 1 aromatic rings. The number of anilines is 1. The Morgan fingerprint density at radius 3 is 2.65 bits per heavy atom. The molecule has 3 rings (SSSR count). The van der Waals surface area contributed by atoms with E-state index in [1.165, 1.54) is 6.20 Å². The van der Waals surface area contributed by atoms with Crippen LogP contribution in [0.25, 0.3) is 0 Å². The summed E-state index contributed by atoms with van der Waals surface area (Å²) in [5.41, 5.74) is 0.139. The highest BCUT2D eigenvalue weighted by atomic mass is 35.5. The van der Waals surface area contributed by atoms with Gasteiger partial charge in [0.2, 0.25) is 5.95 Å². The highest BCUT2D eigenvalue weighted by molar-refractivity contribution is 6.33. The molecule has 1 aromatic heterocycles. The lowest BCUT2D eigenvalue weighted by atomic mass is 10.1. The third-order valence-corrected chi connectivity index (χ3v) is 5.06. The number of carbonyl (C=O) groups excluding carboxylic acids is 1. The molecule has 9 heteroatoms. The van der Waals surface area contributed by atoms with Crippen molar-refractivity contribution in [3.8, 4) is 0 Å². The fourth-order valence-electron chi connectivity index (χ4n) is 3.38. The van der Waals surface area contributed by atoms with Crippen LogP contribution in [0.1, 0.15) is 42.6 Å². The Bertz CT molecular complexity index is 660. The Balaban J connectivity index is 1.84. The van der Waals surface area contributed by atoms with Crippen LogP contribution in [0.3, 0.4) is 0 Å². The summed E-state index contributed by atoms with van der Waals surface area (Å²) in [6.07, 6.45) is 4.82. The number of hydrogen-bond donors (Lipinski definition) is 1. The molecule has 142 valence electrons. The van der Waals surface area contributed by atoms with Crippen molar-refractivity contribution in [3.05, 3.63) is 16.9 Å². The fourth-order valence-corrected chi connectivity index (χ4v) is 3.55. The quantitative estimate of drug-likeness (QED) is 0.801. The number of nitrogens with zero attached hydrogens (tertiary/aromatic N) is 4. The SMILES string of the molecule is O=C(O)CCN(C(=O)c1nc(N2CCCC2)ncc1Cl)C1CCOCC1. The number of rotatable bonds is 6. The Hall–Kier alpha value is -1.93. The Morgan fingerprint density at radius 2 is 2.00 bits per heavy atom. The molecule has 26 heavy (non-hydrogen) atoms. The molecular weight excluding hydrogens is 360 g/mol. The maximum atomic E-state index is 13.1. The van der Waals surface area contributed by atoms with Gasteiger partial charge in [-0.05, 0) is 25.7 Å². The van der Waals surface area contributed by atoms with E-state index in [0.717, 1.165) is 25.9 Å². The van der Waals surface area contributed by atoms with Gasteiger partial charge in [-0.25, -0.2) is 9.97 Å². The molecule has 1 amide bonds. The number of carbonyl (C=O) groups is 2. The fraction of sp³-hybridized carbons (Fsp3) is 0.647. The van der Waals surface area contributed by atoms with Gasteiger partial charge in [0.05, 0.1) is 17.6 Å². The van der Waals surface area contributed by atoms with Crippen molar-refractivity contribution in [1.82, 2.24) is 14.9 Å². The molecule has 0 aliphatic carbocycles. The molecule has 2 saturated heterocycles. The first kappa shape index (κ1) is 18.8. The van der Waals surface area contributed by atoms with Gasteiger partial charge in [0, 0.05) is 38.9 Å². The van der Waals surface area contributed by atoms with Crippen LogP contribution in [0.5, 0.6) is 0 Å². The molecule has 1 N–H and O–H groups in total. The zero-order chi connectivity index (χ0) is 18.5. The summed E-state index contributed by atoms with van der Waals surface area (Å²) < 4.78 is 5.36. The standard InChI is InChI=1S/C17H23ClN4O4/c18-13-11-19-17(21-6-1-2-7-21)20-15(13)16(25)22(8-3-14(23)24)12-4-9-26-10-5-12/h11-12H,1-10H2,(H,23,24). The van der Waals surface area contributed by atoms with Crippen molar-refractivity contribution in [2.45, 2.75) is 38.1 Å². The summed E-state index contributed by atoms with van der Waals surface area (Å²) >= 11 is 6.21. The molecule has 3 heterocycles. The number of carboxylic acid groups (broad SMARTS) is 1. The first-order valence-electron chi connectivity index (χ1n) is 8.94. The number of carboxylic acids is 1. The molecule has 0 spiro atoms. The lowest BCUT2D eigenvalue weighted by molar-refractivity contribution is -0.137. The van der Waals surface area contributed by atoms with Gasteiger partial charge < -0.3 is 19.6 Å². The topological polar surface area (TPSA) is 95.9 Å². The van der Waals surface area contributed by atoms with Crippen LogP contribution in [-0.2, 0) is 9.53 Å². The minimum absolute atomic E-state index is 0.0723. The van der Waals surface area contributed by atoms with Crippen molar-refractivity contribution in [2.24, 2.45) is 0 Å². The Morgan fingerprint density at radius 1 is 1.31 bits per heavy atom. The molecule has 8 nitrogen and oxygen atoms in total. The number of halogens is 1. The highest BCUT2D eigenvalue weighted by Gasteiger charge is 2.30. The van der Waals surface area contributed by atoms with E-state index in [1.807, 2.05) is 4.90 Å². The number of amides is 1. The summed E-state index contributed by atoms with van der Waals surface area (Å²) in [5, 5.41) is 9.22. The first-order valence-corrected chi connectivity index (χ1v) is 9.32. The van der Waals surface area contributed by atoms with Crippen LogP contribution in [-0.4, -0.2) is 70.7 Å². The molecule has 2 fully saturated rings. The average molecular weight is 383 g/mol. The van der Waals surface area contributed by atoms with E-state index in [9.17, 15) is 9.59 Å². The summed E-state index contributed by atoms with van der Waals surface area (Å²) in [6.45, 7) is 2.95. The van der Waals surface area contributed by atoms with Crippen LogP contribution in [0, 0.1) is 0 Å². The smallest absolute Gasteiger partial charge is 0.305 e. The molecule has 0 aromatic carbocycles. The normalized spacial score (nSPS) is 18.1. The van der Waals surface area contributed by atoms with Crippen molar-refractivity contribution < 1.29 is 19.4 Å². The van der Waals surface area contributed by atoms with Gasteiger partial charge in [-0.1, -0.05) is 11.6 Å².